The third kappa shape index (κ3) is 6.24. The number of rotatable bonds is 3. The molecule has 7 heteroatoms. The number of cyclic esters (lactones) is 1. The molecule has 1 saturated heterocycles. The Bertz CT molecular complexity index is 842. The number of aryl methyl sites for hydroxylation is 1. The second-order valence-corrected chi connectivity index (χ2v) is 11.5. The molecule has 166 valence electrons. The molecule has 1 aliphatic heterocycles. The molecule has 0 aliphatic carbocycles. The van der Waals surface area contributed by atoms with Crippen molar-refractivity contribution in [2.75, 3.05) is 5.32 Å². The smallest absolute Gasteiger partial charge is 0.412 e. The number of ether oxygens (including phenoxy) is 2. The Morgan fingerprint density at radius 1 is 1.17 bits per heavy atom. The number of hydrogen-bond acceptors (Lipinski definition) is 6. The molecule has 0 aromatic heterocycles. The molecule has 0 bridgehead atoms. The molecule has 1 aromatic carbocycles. The highest BCUT2D eigenvalue weighted by Crippen LogP contribution is 2.40. The Morgan fingerprint density at radius 3 is 2.27 bits per heavy atom. The molecule has 1 N–H and O–H groups in total. The lowest BCUT2D eigenvalue weighted by Gasteiger charge is -2.33. The van der Waals surface area contributed by atoms with Gasteiger partial charge in [-0.3, -0.25) is 14.9 Å². The number of Topliss-reactive ketones (excluding diaryl/α,β-unsaturated/α-hetero) is 1. The Balaban J connectivity index is 2.37. The molecule has 0 spiro atoms. The molecule has 1 aliphatic rings. The quantitative estimate of drug-likeness (QED) is 0.506. The molecular weight excluding hydrogens is 402 g/mol. The first-order valence-electron chi connectivity index (χ1n) is 10.1. The summed E-state index contributed by atoms with van der Waals surface area (Å²) in [6.07, 6.45) is -0.336. The largest absolute Gasteiger partial charge is 0.458 e. The minimum atomic E-state index is -0.886. The van der Waals surface area contributed by atoms with E-state index in [4.69, 9.17) is 9.47 Å². The maximum absolute atomic E-state index is 12.6. The van der Waals surface area contributed by atoms with Crippen LogP contribution in [0.15, 0.2) is 17.0 Å². The molecule has 1 unspecified atom stereocenters. The molecule has 1 heterocycles. The maximum Gasteiger partial charge on any atom is 0.412 e. The van der Waals surface area contributed by atoms with Crippen molar-refractivity contribution >= 4 is 35.3 Å². The van der Waals surface area contributed by atoms with Crippen LogP contribution >= 0.6 is 11.8 Å². The zero-order valence-corrected chi connectivity index (χ0v) is 20.2. The van der Waals surface area contributed by atoms with Crippen molar-refractivity contribution in [2.24, 2.45) is 0 Å². The highest BCUT2D eigenvalue weighted by Gasteiger charge is 2.42. The summed E-state index contributed by atoms with van der Waals surface area (Å²) in [6.45, 7) is 16.9. The van der Waals surface area contributed by atoms with Gasteiger partial charge < -0.3 is 9.47 Å². The zero-order valence-electron chi connectivity index (χ0n) is 19.4. The van der Waals surface area contributed by atoms with Crippen molar-refractivity contribution in [3.05, 3.63) is 23.3 Å². The first kappa shape index (κ1) is 24.3. The number of carbonyl (C=O) groups is 3. The lowest BCUT2D eigenvalue weighted by atomic mass is 9.86. The van der Waals surface area contributed by atoms with E-state index in [0.29, 0.717) is 5.69 Å². The van der Waals surface area contributed by atoms with Gasteiger partial charge in [-0.15, -0.1) is 11.8 Å². The number of amides is 1. The molecule has 1 fully saturated rings. The van der Waals surface area contributed by atoms with Crippen LogP contribution in [0.1, 0.15) is 72.9 Å². The molecule has 0 saturated carbocycles. The number of benzene rings is 1. The van der Waals surface area contributed by atoms with E-state index < -0.39 is 28.5 Å². The normalized spacial score (nSPS) is 19.3. The minimum absolute atomic E-state index is 0.130. The fourth-order valence-electron chi connectivity index (χ4n) is 3.16. The summed E-state index contributed by atoms with van der Waals surface area (Å²) in [5.41, 5.74) is 0.729. The SMILES string of the molecule is Cc1cc(SC2C(=O)CC(C)(C)OC2=O)c(C(C)(C)C)cc1NC(=O)OC(C)(C)C. The highest BCUT2D eigenvalue weighted by molar-refractivity contribution is 8.01. The molecule has 1 atom stereocenters. The monoisotopic (exact) mass is 435 g/mol. The van der Waals surface area contributed by atoms with Crippen LogP contribution < -0.4 is 5.32 Å². The van der Waals surface area contributed by atoms with Gasteiger partial charge in [-0.05, 0) is 70.2 Å². The predicted octanol–water partition coefficient (Wildman–Crippen LogP) is 5.39. The first-order chi connectivity index (χ1) is 13.5. The van der Waals surface area contributed by atoms with Crippen LogP contribution in [-0.4, -0.2) is 34.3 Å². The summed E-state index contributed by atoms with van der Waals surface area (Å²) in [5, 5.41) is 1.92. The second-order valence-electron chi connectivity index (χ2n) is 10.4. The van der Waals surface area contributed by atoms with Crippen LogP contribution in [0.2, 0.25) is 0 Å². The first-order valence-corrected chi connectivity index (χ1v) is 10.9. The fourth-order valence-corrected chi connectivity index (χ4v) is 4.51. The van der Waals surface area contributed by atoms with Gasteiger partial charge in [0, 0.05) is 17.0 Å². The van der Waals surface area contributed by atoms with Crippen molar-refractivity contribution in [1.82, 2.24) is 0 Å². The Kier molecular flexibility index (Phi) is 6.67. The van der Waals surface area contributed by atoms with Gasteiger partial charge in [0.15, 0.2) is 11.0 Å². The average Bonchev–Trinajstić information content (AvgIpc) is 2.49. The van der Waals surface area contributed by atoms with Crippen molar-refractivity contribution < 1.29 is 23.9 Å². The number of carbonyl (C=O) groups excluding carboxylic acids is 3. The van der Waals surface area contributed by atoms with Gasteiger partial charge >= 0.3 is 12.1 Å². The number of esters is 1. The topological polar surface area (TPSA) is 81.7 Å². The summed E-state index contributed by atoms with van der Waals surface area (Å²) in [6, 6.07) is 3.79. The fraction of sp³-hybridized carbons (Fsp3) is 0.609. The van der Waals surface area contributed by atoms with Crippen molar-refractivity contribution in [3.8, 4) is 0 Å². The van der Waals surface area contributed by atoms with E-state index in [1.54, 1.807) is 34.6 Å². The third-order valence-electron chi connectivity index (χ3n) is 4.50. The van der Waals surface area contributed by atoms with Gasteiger partial charge in [0.1, 0.15) is 11.2 Å². The van der Waals surface area contributed by atoms with Gasteiger partial charge in [0.25, 0.3) is 0 Å². The summed E-state index contributed by atoms with van der Waals surface area (Å²) in [4.78, 5) is 38.2. The lowest BCUT2D eigenvalue weighted by Crippen LogP contribution is -2.45. The van der Waals surface area contributed by atoms with Crippen LogP contribution in [0.3, 0.4) is 0 Å². The van der Waals surface area contributed by atoms with E-state index >= 15 is 0 Å². The molecule has 0 radical (unpaired) electrons. The van der Waals surface area contributed by atoms with Gasteiger partial charge in [-0.1, -0.05) is 20.8 Å². The van der Waals surface area contributed by atoms with Gasteiger partial charge in [-0.25, -0.2) is 4.79 Å². The predicted molar refractivity (Wildman–Crippen MR) is 119 cm³/mol. The molecule has 1 amide bonds. The van der Waals surface area contributed by atoms with Gasteiger partial charge in [-0.2, -0.15) is 0 Å². The number of anilines is 1. The van der Waals surface area contributed by atoms with Crippen LogP contribution in [0.5, 0.6) is 0 Å². The van der Waals surface area contributed by atoms with Gasteiger partial charge in [0.2, 0.25) is 0 Å². The molecular formula is C23H33NO5S. The number of thioether (sulfide) groups is 1. The molecule has 1 aromatic rings. The third-order valence-corrected chi connectivity index (χ3v) is 5.78. The van der Waals surface area contributed by atoms with Crippen LogP contribution in [0.4, 0.5) is 10.5 Å². The van der Waals surface area contributed by atoms with E-state index in [0.717, 1.165) is 16.0 Å². The average molecular weight is 436 g/mol. The van der Waals surface area contributed by atoms with E-state index in [1.807, 2.05) is 39.8 Å². The lowest BCUT2D eigenvalue weighted by molar-refractivity contribution is -0.165. The van der Waals surface area contributed by atoms with E-state index in [9.17, 15) is 14.4 Å². The van der Waals surface area contributed by atoms with Crippen molar-refractivity contribution in [2.45, 2.75) is 95.5 Å². The Labute approximate surface area is 183 Å². The van der Waals surface area contributed by atoms with E-state index in [-0.39, 0.29) is 17.6 Å². The van der Waals surface area contributed by atoms with E-state index in [1.165, 1.54) is 11.8 Å². The van der Waals surface area contributed by atoms with Crippen LogP contribution in [0, 0.1) is 6.92 Å². The summed E-state index contributed by atoms with van der Waals surface area (Å²) in [5.74, 6) is -0.635. The summed E-state index contributed by atoms with van der Waals surface area (Å²) in [7, 11) is 0. The molecule has 6 nitrogen and oxygen atoms in total. The Hall–Kier alpha value is -2.02. The summed E-state index contributed by atoms with van der Waals surface area (Å²) >= 11 is 1.22. The highest BCUT2D eigenvalue weighted by atomic mass is 32.2. The number of ketones is 1. The number of nitrogens with one attached hydrogen (secondary N) is 1. The zero-order chi connectivity index (χ0) is 23.1. The van der Waals surface area contributed by atoms with Crippen LogP contribution in [-0.2, 0) is 24.5 Å². The van der Waals surface area contributed by atoms with Crippen LogP contribution in [0.25, 0.3) is 0 Å². The Morgan fingerprint density at radius 2 is 1.77 bits per heavy atom. The molecule has 30 heavy (non-hydrogen) atoms. The number of hydrogen-bond donors (Lipinski definition) is 1. The van der Waals surface area contributed by atoms with Crippen molar-refractivity contribution in [3.63, 3.8) is 0 Å². The second kappa shape index (κ2) is 8.25. The maximum atomic E-state index is 12.6. The van der Waals surface area contributed by atoms with E-state index in [2.05, 4.69) is 5.32 Å². The van der Waals surface area contributed by atoms with Crippen molar-refractivity contribution in [1.29, 1.82) is 0 Å². The summed E-state index contributed by atoms with van der Waals surface area (Å²) < 4.78 is 10.8. The molecule has 2 rings (SSSR count). The minimum Gasteiger partial charge on any atom is -0.458 e. The standard InChI is InChI=1S/C23H33NO5S/c1-13-10-17(30-18-16(25)12-23(8,9)28-19(18)26)14(21(2,3)4)11-15(13)24-20(27)29-22(5,6)7/h10-11,18H,12H2,1-9H3,(H,24,27). The van der Waals surface area contributed by atoms with Gasteiger partial charge in [0.05, 0.1) is 0 Å².